The average Bonchev–Trinajstić information content (AvgIpc) is 3.08. The molecule has 18 heavy (non-hydrogen) atoms. The lowest BCUT2D eigenvalue weighted by Gasteiger charge is -2.08. The van der Waals surface area contributed by atoms with E-state index in [9.17, 15) is 0 Å². The summed E-state index contributed by atoms with van der Waals surface area (Å²) in [6.45, 7) is 0. The van der Waals surface area contributed by atoms with Gasteiger partial charge in [-0.3, -0.25) is 0 Å². The zero-order valence-corrected chi connectivity index (χ0v) is 12.3. The number of thiazole rings is 1. The Morgan fingerprint density at radius 2 is 1.61 bits per heavy atom. The molecule has 0 spiro atoms. The lowest BCUT2D eigenvalue weighted by atomic mass is 10.00. The van der Waals surface area contributed by atoms with E-state index in [-0.39, 0.29) is 0 Å². The molecule has 0 aliphatic heterocycles. The number of aromatic nitrogens is 1. The van der Waals surface area contributed by atoms with E-state index in [1.165, 1.54) is 61.9 Å². The van der Waals surface area contributed by atoms with Crippen LogP contribution in [0.15, 0.2) is 17.0 Å². The van der Waals surface area contributed by atoms with Gasteiger partial charge >= 0.3 is 0 Å². The molecule has 0 aromatic carbocycles. The summed E-state index contributed by atoms with van der Waals surface area (Å²) in [6.07, 6.45) is 10.7. The molecule has 2 aromatic rings. The molecule has 0 saturated carbocycles. The van der Waals surface area contributed by atoms with Crippen LogP contribution in [0.1, 0.15) is 46.7 Å². The SMILES string of the molecule is c1cc2c(s1)CCCC2.c1nc2c(s1)CCCC2. The summed E-state index contributed by atoms with van der Waals surface area (Å²) in [5.74, 6) is 0. The Kier molecular flexibility index (Phi) is 4.11. The molecule has 0 saturated heterocycles. The summed E-state index contributed by atoms with van der Waals surface area (Å²) < 4.78 is 0. The molecule has 4 rings (SSSR count). The van der Waals surface area contributed by atoms with Crippen molar-refractivity contribution in [2.24, 2.45) is 0 Å². The van der Waals surface area contributed by atoms with E-state index in [2.05, 4.69) is 16.4 Å². The quantitative estimate of drug-likeness (QED) is 0.683. The van der Waals surface area contributed by atoms with E-state index in [0.717, 1.165) is 0 Å². The number of hydrogen-bond donors (Lipinski definition) is 0. The Balaban J connectivity index is 0.000000111. The fraction of sp³-hybridized carbons (Fsp3) is 0.533. The maximum atomic E-state index is 4.28. The van der Waals surface area contributed by atoms with Crippen LogP contribution in [0.3, 0.4) is 0 Å². The van der Waals surface area contributed by atoms with Crippen molar-refractivity contribution in [3.05, 3.63) is 38.0 Å². The third-order valence-corrected chi connectivity index (χ3v) is 5.69. The van der Waals surface area contributed by atoms with Gasteiger partial charge in [-0.2, -0.15) is 0 Å². The van der Waals surface area contributed by atoms with Crippen LogP contribution < -0.4 is 0 Å². The molecule has 0 bridgehead atoms. The molecule has 96 valence electrons. The van der Waals surface area contributed by atoms with Gasteiger partial charge in [-0.1, -0.05) is 0 Å². The molecule has 2 aromatic heterocycles. The second kappa shape index (κ2) is 5.98. The van der Waals surface area contributed by atoms with E-state index >= 15 is 0 Å². The standard InChI is InChI=1S/C8H10S.C7H9NS/c1-2-4-8-7(3-1)5-6-9-8;1-2-4-7-6(3-1)8-5-9-7/h5-6H,1-4H2;5H,1-4H2. The molecular formula is C15H19NS2. The number of aryl methyl sites for hydroxylation is 4. The Morgan fingerprint density at radius 1 is 0.833 bits per heavy atom. The first-order valence-electron chi connectivity index (χ1n) is 6.90. The summed E-state index contributed by atoms with van der Waals surface area (Å²) in [5.41, 5.74) is 4.95. The Hall–Kier alpha value is -0.670. The zero-order chi connectivity index (χ0) is 12.2. The van der Waals surface area contributed by atoms with Crippen molar-refractivity contribution >= 4 is 22.7 Å². The van der Waals surface area contributed by atoms with Gasteiger partial charge in [0.15, 0.2) is 0 Å². The number of hydrogen-bond acceptors (Lipinski definition) is 3. The summed E-state index contributed by atoms with van der Waals surface area (Å²) in [5, 5.41) is 2.22. The minimum atomic E-state index is 1.22. The second-order valence-corrected chi connectivity index (χ2v) is 6.95. The van der Waals surface area contributed by atoms with E-state index in [1.807, 2.05) is 28.2 Å². The lowest BCUT2D eigenvalue weighted by Crippen LogP contribution is -1.98. The molecule has 3 heteroatoms. The van der Waals surface area contributed by atoms with Crippen LogP contribution in [0.2, 0.25) is 0 Å². The van der Waals surface area contributed by atoms with E-state index in [1.54, 1.807) is 10.4 Å². The fourth-order valence-electron chi connectivity index (χ4n) is 2.69. The Labute approximate surface area is 117 Å². The first kappa shape index (κ1) is 12.4. The molecule has 2 aliphatic rings. The summed E-state index contributed by atoms with van der Waals surface area (Å²) >= 11 is 3.74. The van der Waals surface area contributed by atoms with Gasteiger partial charge in [0, 0.05) is 9.75 Å². The van der Waals surface area contributed by atoms with E-state index in [0.29, 0.717) is 0 Å². The highest BCUT2D eigenvalue weighted by molar-refractivity contribution is 7.10. The summed E-state index contributed by atoms with van der Waals surface area (Å²) in [7, 11) is 0. The lowest BCUT2D eigenvalue weighted by molar-refractivity contribution is 0.682. The highest BCUT2D eigenvalue weighted by atomic mass is 32.1. The van der Waals surface area contributed by atoms with Crippen LogP contribution in [-0.4, -0.2) is 4.98 Å². The third kappa shape index (κ3) is 2.83. The van der Waals surface area contributed by atoms with Crippen molar-refractivity contribution in [1.82, 2.24) is 4.98 Å². The molecule has 0 N–H and O–H groups in total. The Morgan fingerprint density at radius 3 is 2.44 bits per heavy atom. The third-order valence-electron chi connectivity index (χ3n) is 3.73. The minimum absolute atomic E-state index is 1.22. The fourth-order valence-corrected chi connectivity index (χ4v) is 4.53. The van der Waals surface area contributed by atoms with Gasteiger partial charge in [0.1, 0.15) is 0 Å². The number of fused-ring (bicyclic) bond motifs is 2. The minimum Gasteiger partial charge on any atom is -0.249 e. The monoisotopic (exact) mass is 277 g/mol. The van der Waals surface area contributed by atoms with Crippen molar-refractivity contribution < 1.29 is 0 Å². The van der Waals surface area contributed by atoms with Crippen LogP contribution in [-0.2, 0) is 25.7 Å². The largest absolute Gasteiger partial charge is 0.249 e. The van der Waals surface area contributed by atoms with Crippen LogP contribution >= 0.6 is 22.7 Å². The van der Waals surface area contributed by atoms with Gasteiger partial charge in [-0.05, 0) is 68.4 Å². The molecule has 0 atom stereocenters. The normalized spacial score (nSPS) is 17.3. The van der Waals surface area contributed by atoms with Gasteiger partial charge < -0.3 is 0 Å². The van der Waals surface area contributed by atoms with Gasteiger partial charge in [0.05, 0.1) is 11.2 Å². The maximum absolute atomic E-state index is 4.28. The van der Waals surface area contributed by atoms with Crippen LogP contribution in [0, 0.1) is 0 Å². The van der Waals surface area contributed by atoms with Crippen LogP contribution in [0.5, 0.6) is 0 Å². The molecular weight excluding hydrogens is 258 g/mol. The summed E-state index contributed by atoms with van der Waals surface area (Å²) in [4.78, 5) is 7.44. The highest BCUT2D eigenvalue weighted by Crippen LogP contribution is 2.25. The smallest absolute Gasteiger partial charge is 0.0797 e. The van der Waals surface area contributed by atoms with Crippen molar-refractivity contribution in [1.29, 1.82) is 0 Å². The zero-order valence-electron chi connectivity index (χ0n) is 10.7. The molecule has 0 amide bonds. The van der Waals surface area contributed by atoms with Gasteiger partial charge in [0.25, 0.3) is 0 Å². The van der Waals surface area contributed by atoms with Gasteiger partial charge in [-0.25, -0.2) is 4.98 Å². The predicted molar refractivity (Wildman–Crippen MR) is 79.7 cm³/mol. The number of rotatable bonds is 0. The molecule has 0 fully saturated rings. The van der Waals surface area contributed by atoms with Gasteiger partial charge in [-0.15, -0.1) is 22.7 Å². The molecule has 0 unspecified atom stereocenters. The first-order valence-corrected chi connectivity index (χ1v) is 8.66. The first-order chi connectivity index (χ1) is 8.93. The van der Waals surface area contributed by atoms with Gasteiger partial charge in [0.2, 0.25) is 0 Å². The molecule has 0 radical (unpaired) electrons. The number of nitrogens with zero attached hydrogens (tertiary/aromatic N) is 1. The Bertz CT molecular complexity index is 411. The van der Waals surface area contributed by atoms with Crippen molar-refractivity contribution in [3.8, 4) is 0 Å². The topological polar surface area (TPSA) is 12.9 Å². The maximum Gasteiger partial charge on any atom is 0.0797 e. The molecule has 1 nitrogen and oxygen atoms in total. The highest BCUT2D eigenvalue weighted by Gasteiger charge is 2.10. The van der Waals surface area contributed by atoms with E-state index in [4.69, 9.17) is 0 Å². The van der Waals surface area contributed by atoms with Crippen LogP contribution in [0.25, 0.3) is 0 Å². The summed E-state index contributed by atoms with van der Waals surface area (Å²) in [6, 6.07) is 2.28. The second-order valence-electron chi connectivity index (χ2n) is 5.01. The van der Waals surface area contributed by atoms with Crippen LogP contribution in [0.4, 0.5) is 0 Å². The van der Waals surface area contributed by atoms with Crippen molar-refractivity contribution in [3.63, 3.8) is 0 Å². The molecule has 2 heterocycles. The molecule has 2 aliphatic carbocycles. The van der Waals surface area contributed by atoms with E-state index < -0.39 is 0 Å². The number of thiophene rings is 1. The van der Waals surface area contributed by atoms with Crippen molar-refractivity contribution in [2.45, 2.75) is 51.4 Å². The van der Waals surface area contributed by atoms with Crippen molar-refractivity contribution in [2.75, 3.05) is 0 Å². The average molecular weight is 277 g/mol. The predicted octanol–water partition coefficient (Wildman–Crippen LogP) is 4.65.